The van der Waals surface area contributed by atoms with Gasteiger partial charge in [0, 0.05) is 19.3 Å². The number of carbonyl (C=O) groups is 1. The highest BCUT2D eigenvalue weighted by Crippen LogP contribution is 2.17. The molecule has 0 aromatic carbocycles. The first-order valence-corrected chi connectivity index (χ1v) is 8.63. The summed E-state index contributed by atoms with van der Waals surface area (Å²) in [6.45, 7) is 4.28. The minimum atomic E-state index is -3.23. The number of aryl methyl sites for hydroxylation is 1. The number of urea groups is 1. The van der Waals surface area contributed by atoms with Gasteiger partial charge >= 0.3 is 6.03 Å². The van der Waals surface area contributed by atoms with Crippen LogP contribution < -0.4 is 15.4 Å². The molecule has 0 saturated carbocycles. The van der Waals surface area contributed by atoms with E-state index in [4.69, 9.17) is 0 Å². The van der Waals surface area contributed by atoms with Gasteiger partial charge in [-0.25, -0.2) is 17.9 Å². The average molecular weight is 314 g/mol. The summed E-state index contributed by atoms with van der Waals surface area (Å²) in [6.07, 6.45) is 3.48. The Morgan fingerprint density at radius 2 is 2.10 bits per heavy atom. The van der Waals surface area contributed by atoms with Gasteiger partial charge in [-0.2, -0.15) is 0 Å². The van der Waals surface area contributed by atoms with Gasteiger partial charge in [0.15, 0.2) is 0 Å². The van der Waals surface area contributed by atoms with Crippen molar-refractivity contribution < 1.29 is 13.2 Å². The van der Waals surface area contributed by atoms with Crippen LogP contribution in [0.15, 0.2) is 18.3 Å². The van der Waals surface area contributed by atoms with Crippen molar-refractivity contribution in [3.05, 3.63) is 29.6 Å². The molecule has 1 heterocycles. The van der Waals surface area contributed by atoms with E-state index < -0.39 is 10.0 Å². The molecule has 0 bridgehead atoms. The first kappa shape index (κ1) is 17.4. The van der Waals surface area contributed by atoms with Crippen molar-refractivity contribution in [1.82, 2.24) is 20.3 Å². The van der Waals surface area contributed by atoms with E-state index in [9.17, 15) is 13.2 Å². The normalized spacial score (nSPS) is 12.7. The molecular weight excluding hydrogens is 292 g/mol. The lowest BCUT2D eigenvalue weighted by molar-refractivity contribution is 0.236. The van der Waals surface area contributed by atoms with Crippen LogP contribution in [-0.2, 0) is 10.0 Å². The summed E-state index contributed by atoms with van der Waals surface area (Å²) in [5.41, 5.74) is 1.85. The monoisotopic (exact) mass is 314 g/mol. The van der Waals surface area contributed by atoms with Crippen molar-refractivity contribution in [1.29, 1.82) is 0 Å². The quantitative estimate of drug-likeness (QED) is 0.645. The van der Waals surface area contributed by atoms with Crippen LogP contribution in [0.5, 0.6) is 0 Å². The second-order valence-electron chi connectivity index (χ2n) is 4.73. The lowest BCUT2D eigenvalue weighted by Crippen LogP contribution is -2.41. The van der Waals surface area contributed by atoms with Gasteiger partial charge < -0.3 is 10.6 Å². The molecule has 0 spiro atoms. The molecule has 118 valence electrons. The molecule has 7 nitrogen and oxygen atoms in total. The lowest BCUT2D eigenvalue weighted by Gasteiger charge is -2.18. The molecule has 21 heavy (non-hydrogen) atoms. The van der Waals surface area contributed by atoms with Crippen LogP contribution in [0.4, 0.5) is 4.79 Å². The zero-order valence-electron chi connectivity index (χ0n) is 12.5. The molecule has 0 unspecified atom stereocenters. The number of amides is 2. The number of hydrogen-bond donors (Lipinski definition) is 3. The highest BCUT2D eigenvalue weighted by Gasteiger charge is 2.15. The van der Waals surface area contributed by atoms with Crippen molar-refractivity contribution in [3.63, 3.8) is 0 Å². The minimum absolute atomic E-state index is 0.158. The first-order valence-electron chi connectivity index (χ1n) is 6.74. The third kappa shape index (κ3) is 6.54. The molecular formula is C13H22N4O3S. The molecule has 0 radical (unpaired) electrons. The summed E-state index contributed by atoms with van der Waals surface area (Å²) in [4.78, 5) is 16.1. The van der Waals surface area contributed by atoms with Crippen molar-refractivity contribution in [2.75, 3.05) is 19.3 Å². The number of carbonyl (C=O) groups excluding carboxylic acids is 1. The predicted octanol–water partition coefficient (Wildman–Crippen LogP) is 0.690. The van der Waals surface area contributed by atoms with Gasteiger partial charge in [0.1, 0.15) is 0 Å². The maximum Gasteiger partial charge on any atom is 0.315 e. The number of sulfonamides is 1. The Bertz CT molecular complexity index is 575. The number of aromatic nitrogens is 1. The van der Waals surface area contributed by atoms with Crippen LogP contribution in [0.3, 0.4) is 0 Å². The second-order valence-corrected chi connectivity index (χ2v) is 6.57. The largest absolute Gasteiger partial charge is 0.337 e. The molecule has 0 aliphatic heterocycles. The minimum Gasteiger partial charge on any atom is -0.337 e. The Labute approximate surface area is 125 Å². The zero-order chi connectivity index (χ0) is 15.9. The van der Waals surface area contributed by atoms with Gasteiger partial charge in [-0.15, -0.1) is 0 Å². The third-order valence-electron chi connectivity index (χ3n) is 2.87. The molecule has 2 amide bonds. The van der Waals surface area contributed by atoms with Crippen LogP contribution >= 0.6 is 0 Å². The van der Waals surface area contributed by atoms with E-state index in [1.54, 1.807) is 6.20 Å². The van der Waals surface area contributed by atoms with E-state index in [-0.39, 0.29) is 25.2 Å². The molecule has 1 rings (SSSR count). The lowest BCUT2D eigenvalue weighted by atomic mass is 10.1. The van der Waals surface area contributed by atoms with Crippen LogP contribution in [-0.4, -0.2) is 38.8 Å². The van der Waals surface area contributed by atoms with Crippen molar-refractivity contribution >= 4 is 16.1 Å². The van der Waals surface area contributed by atoms with E-state index in [1.807, 2.05) is 26.0 Å². The molecule has 0 aliphatic carbocycles. The van der Waals surface area contributed by atoms with Crippen molar-refractivity contribution in [2.45, 2.75) is 26.3 Å². The second kappa shape index (κ2) is 7.94. The molecule has 8 heteroatoms. The summed E-state index contributed by atoms with van der Waals surface area (Å²) in [5.74, 6) is 0. The standard InChI is InChI=1S/C13H22N4O3S/c1-4-11(12-10(2)6-5-7-14-12)17-13(18)15-8-9-16-21(3,19)20/h5-7,11,16H,4,8-9H2,1-3H3,(H2,15,17,18)/t11-/m1/s1. The van der Waals surface area contributed by atoms with Crippen LogP contribution in [0.1, 0.15) is 30.6 Å². The molecule has 0 saturated heterocycles. The summed E-state index contributed by atoms with van der Waals surface area (Å²) in [6, 6.07) is 3.28. The van der Waals surface area contributed by atoms with Crippen LogP contribution in [0.25, 0.3) is 0 Å². The maximum atomic E-state index is 11.8. The van der Waals surface area contributed by atoms with Gasteiger partial charge in [-0.3, -0.25) is 4.98 Å². The van der Waals surface area contributed by atoms with Gasteiger partial charge in [0.25, 0.3) is 0 Å². The summed E-state index contributed by atoms with van der Waals surface area (Å²) in [7, 11) is -3.23. The van der Waals surface area contributed by atoms with E-state index in [2.05, 4.69) is 20.3 Å². The average Bonchev–Trinajstić information content (AvgIpc) is 2.41. The maximum absolute atomic E-state index is 11.8. The van der Waals surface area contributed by atoms with Gasteiger partial charge in [-0.05, 0) is 25.0 Å². The fourth-order valence-electron chi connectivity index (χ4n) is 1.85. The Morgan fingerprint density at radius 1 is 1.38 bits per heavy atom. The predicted molar refractivity (Wildman–Crippen MR) is 81.4 cm³/mol. The topological polar surface area (TPSA) is 100 Å². The van der Waals surface area contributed by atoms with Crippen molar-refractivity contribution in [3.8, 4) is 0 Å². The Balaban J connectivity index is 2.47. The van der Waals surface area contributed by atoms with Gasteiger partial charge in [-0.1, -0.05) is 13.0 Å². The number of hydrogen-bond acceptors (Lipinski definition) is 4. The van der Waals surface area contributed by atoms with E-state index in [0.717, 1.165) is 17.5 Å². The Kier molecular flexibility index (Phi) is 6.57. The molecule has 1 atom stereocenters. The Morgan fingerprint density at radius 3 is 2.67 bits per heavy atom. The fraction of sp³-hybridized carbons (Fsp3) is 0.538. The summed E-state index contributed by atoms with van der Waals surface area (Å²) < 4.78 is 24.1. The molecule has 0 aliphatic rings. The zero-order valence-corrected chi connectivity index (χ0v) is 13.3. The van der Waals surface area contributed by atoms with E-state index in [1.165, 1.54) is 0 Å². The summed E-state index contributed by atoms with van der Waals surface area (Å²) >= 11 is 0. The highest BCUT2D eigenvalue weighted by atomic mass is 32.2. The SMILES string of the molecule is CC[C@@H](NC(=O)NCCNS(C)(=O)=O)c1ncccc1C. The van der Waals surface area contributed by atoms with E-state index >= 15 is 0 Å². The van der Waals surface area contributed by atoms with Crippen LogP contribution in [0, 0.1) is 6.92 Å². The number of pyridine rings is 1. The first-order chi connectivity index (χ1) is 9.83. The number of rotatable bonds is 7. The number of nitrogens with zero attached hydrogens (tertiary/aromatic N) is 1. The highest BCUT2D eigenvalue weighted by molar-refractivity contribution is 7.88. The smallest absolute Gasteiger partial charge is 0.315 e. The van der Waals surface area contributed by atoms with Crippen LogP contribution in [0.2, 0.25) is 0 Å². The third-order valence-corrected chi connectivity index (χ3v) is 3.60. The fourth-order valence-corrected chi connectivity index (χ4v) is 2.32. The van der Waals surface area contributed by atoms with Crippen molar-refractivity contribution in [2.24, 2.45) is 0 Å². The Hall–Kier alpha value is -1.67. The molecule has 1 aromatic rings. The summed E-state index contributed by atoms with van der Waals surface area (Å²) in [5, 5.41) is 5.44. The number of nitrogens with one attached hydrogen (secondary N) is 3. The molecule has 1 aromatic heterocycles. The molecule has 0 fully saturated rings. The molecule has 3 N–H and O–H groups in total. The van der Waals surface area contributed by atoms with Gasteiger partial charge in [0.2, 0.25) is 10.0 Å². The van der Waals surface area contributed by atoms with Gasteiger partial charge in [0.05, 0.1) is 18.0 Å². The van der Waals surface area contributed by atoms with E-state index in [0.29, 0.717) is 6.42 Å².